The Morgan fingerprint density at radius 3 is 2.65 bits per heavy atom. The molecule has 2 atom stereocenters. The van der Waals surface area contributed by atoms with Gasteiger partial charge in [-0.2, -0.15) is 0 Å². The van der Waals surface area contributed by atoms with E-state index in [1.54, 1.807) is 0 Å². The van der Waals surface area contributed by atoms with Gasteiger partial charge in [-0.25, -0.2) is 0 Å². The first kappa shape index (κ1) is 18.3. The van der Waals surface area contributed by atoms with Crippen molar-refractivity contribution >= 4 is 11.8 Å². The largest absolute Gasteiger partial charge is 0.356 e. The maximum atomic E-state index is 12.4. The van der Waals surface area contributed by atoms with Crippen LogP contribution in [0.3, 0.4) is 0 Å². The third-order valence-electron chi connectivity index (χ3n) is 5.65. The number of unbranched alkanes of at least 4 members (excludes halogenated alkanes) is 1. The monoisotopic (exact) mass is 322 g/mol. The minimum Gasteiger partial charge on any atom is -0.356 e. The first-order valence-electron chi connectivity index (χ1n) is 9.72. The molecule has 0 radical (unpaired) electrons. The third-order valence-corrected chi connectivity index (χ3v) is 5.65. The van der Waals surface area contributed by atoms with Crippen molar-refractivity contribution in [1.29, 1.82) is 0 Å². The van der Waals surface area contributed by atoms with Crippen molar-refractivity contribution in [3.63, 3.8) is 0 Å². The van der Waals surface area contributed by atoms with Crippen molar-refractivity contribution in [2.24, 2.45) is 11.8 Å². The van der Waals surface area contributed by atoms with Crippen LogP contribution in [0.1, 0.15) is 78.1 Å². The van der Waals surface area contributed by atoms with Gasteiger partial charge in [-0.1, -0.05) is 52.4 Å². The van der Waals surface area contributed by atoms with E-state index in [0.717, 1.165) is 25.8 Å². The fraction of sp³-hybridized carbons (Fsp3) is 0.895. The van der Waals surface area contributed by atoms with Gasteiger partial charge in [0.05, 0.1) is 5.92 Å². The third kappa shape index (κ3) is 5.22. The van der Waals surface area contributed by atoms with Crippen LogP contribution >= 0.6 is 0 Å². The van der Waals surface area contributed by atoms with Crippen LogP contribution in [-0.4, -0.2) is 35.8 Å². The highest BCUT2D eigenvalue weighted by atomic mass is 16.2. The van der Waals surface area contributed by atoms with E-state index in [2.05, 4.69) is 19.2 Å². The van der Waals surface area contributed by atoms with E-state index in [1.807, 2.05) is 4.90 Å². The Bertz CT molecular complexity index is 391. The second-order valence-corrected chi connectivity index (χ2v) is 7.40. The van der Waals surface area contributed by atoms with Crippen LogP contribution in [-0.2, 0) is 9.59 Å². The minimum absolute atomic E-state index is 0.0895. The molecular formula is C19H34N2O2. The average Bonchev–Trinajstić information content (AvgIpc) is 2.97. The van der Waals surface area contributed by atoms with E-state index in [-0.39, 0.29) is 17.7 Å². The molecule has 2 amide bonds. The number of rotatable bonds is 8. The summed E-state index contributed by atoms with van der Waals surface area (Å²) in [5.41, 5.74) is 0. The highest BCUT2D eigenvalue weighted by Gasteiger charge is 2.38. The zero-order valence-corrected chi connectivity index (χ0v) is 15.0. The zero-order valence-electron chi connectivity index (χ0n) is 15.0. The molecule has 1 N–H and O–H groups in total. The van der Waals surface area contributed by atoms with E-state index in [4.69, 9.17) is 0 Å². The number of hydrogen-bond donors (Lipinski definition) is 1. The average molecular weight is 322 g/mol. The molecule has 2 fully saturated rings. The molecule has 0 aromatic heterocycles. The lowest BCUT2D eigenvalue weighted by molar-refractivity contribution is -0.130. The van der Waals surface area contributed by atoms with Crippen molar-refractivity contribution in [3.05, 3.63) is 0 Å². The quantitative estimate of drug-likeness (QED) is 0.743. The summed E-state index contributed by atoms with van der Waals surface area (Å²) in [5, 5.41) is 3.11. The van der Waals surface area contributed by atoms with Crippen LogP contribution in [0.4, 0.5) is 0 Å². The first-order chi connectivity index (χ1) is 11.2. The van der Waals surface area contributed by atoms with Gasteiger partial charge in [0.25, 0.3) is 0 Å². The Morgan fingerprint density at radius 2 is 2.00 bits per heavy atom. The van der Waals surface area contributed by atoms with Crippen LogP contribution < -0.4 is 5.32 Å². The molecule has 4 heteroatoms. The molecule has 1 aliphatic heterocycles. The Morgan fingerprint density at radius 1 is 1.26 bits per heavy atom. The minimum atomic E-state index is -0.131. The molecule has 132 valence electrons. The standard InChI is InChI=1S/C19H34N2O2/c1-3-5-9-15(4-2)13-20-19(23)16-12-18(22)21(14-16)17-10-7-6-8-11-17/h15-17H,3-14H2,1-2H3,(H,20,23). The maximum Gasteiger partial charge on any atom is 0.225 e. The zero-order chi connectivity index (χ0) is 16.7. The predicted molar refractivity (Wildman–Crippen MR) is 93.0 cm³/mol. The van der Waals surface area contributed by atoms with Gasteiger partial charge in [0.2, 0.25) is 11.8 Å². The van der Waals surface area contributed by atoms with Crippen LogP contribution in [0.5, 0.6) is 0 Å². The molecule has 2 rings (SSSR count). The molecule has 23 heavy (non-hydrogen) atoms. The number of carbonyl (C=O) groups excluding carboxylic acids is 2. The van der Waals surface area contributed by atoms with Crippen molar-refractivity contribution in [3.8, 4) is 0 Å². The van der Waals surface area contributed by atoms with Gasteiger partial charge in [-0.3, -0.25) is 9.59 Å². The first-order valence-corrected chi connectivity index (χ1v) is 9.72. The van der Waals surface area contributed by atoms with E-state index < -0.39 is 0 Å². The van der Waals surface area contributed by atoms with E-state index in [0.29, 0.717) is 24.9 Å². The summed E-state index contributed by atoms with van der Waals surface area (Å²) in [6.07, 6.45) is 11.1. The van der Waals surface area contributed by atoms with Crippen molar-refractivity contribution in [1.82, 2.24) is 10.2 Å². The van der Waals surface area contributed by atoms with Gasteiger partial charge in [-0.15, -0.1) is 0 Å². The van der Waals surface area contributed by atoms with Crippen LogP contribution in [0.2, 0.25) is 0 Å². The molecule has 0 aromatic rings. The topological polar surface area (TPSA) is 49.4 Å². The molecule has 0 aromatic carbocycles. The van der Waals surface area contributed by atoms with Gasteiger partial charge in [-0.05, 0) is 25.2 Å². The maximum absolute atomic E-state index is 12.4. The van der Waals surface area contributed by atoms with Crippen molar-refractivity contribution in [2.45, 2.75) is 84.1 Å². The Balaban J connectivity index is 1.78. The summed E-state index contributed by atoms with van der Waals surface area (Å²) >= 11 is 0. The van der Waals surface area contributed by atoms with Crippen LogP contribution in [0, 0.1) is 11.8 Å². The number of likely N-dealkylation sites (tertiary alicyclic amines) is 1. The second kappa shape index (κ2) is 9.29. The molecule has 1 saturated carbocycles. The smallest absolute Gasteiger partial charge is 0.225 e. The highest BCUT2D eigenvalue weighted by molar-refractivity contribution is 5.89. The van der Waals surface area contributed by atoms with E-state index in [1.165, 1.54) is 38.5 Å². The molecule has 0 bridgehead atoms. The summed E-state index contributed by atoms with van der Waals surface area (Å²) in [6.45, 7) is 5.80. The van der Waals surface area contributed by atoms with Gasteiger partial charge >= 0.3 is 0 Å². The number of hydrogen-bond acceptors (Lipinski definition) is 2. The summed E-state index contributed by atoms with van der Waals surface area (Å²) in [7, 11) is 0. The summed E-state index contributed by atoms with van der Waals surface area (Å²) in [4.78, 5) is 26.7. The molecule has 2 aliphatic rings. The lowest BCUT2D eigenvalue weighted by Gasteiger charge is -2.31. The number of nitrogens with zero attached hydrogens (tertiary/aromatic N) is 1. The van der Waals surface area contributed by atoms with E-state index in [9.17, 15) is 9.59 Å². The van der Waals surface area contributed by atoms with Crippen LogP contribution in [0.15, 0.2) is 0 Å². The lowest BCUT2D eigenvalue weighted by Crippen LogP contribution is -2.40. The Hall–Kier alpha value is -1.06. The highest BCUT2D eigenvalue weighted by Crippen LogP contribution is 2.28. The second-order valence-electron chi connectivity index (χ2n) is 7.40. The summed E-state index contributed by atoms with van der Waals surface area (Å²) in [5.74, 6) is 0.722. The fourth-order valence-corrected chi connectivity index (χ4v) is 3.99. The number of carbonyl (C=O) groups is 2. The molecule has 2 unspecified atom stereocenters. The lowest BCUT2D eigenvalue weighted by atomic mass is 9.94. The van der Waals surface area contributed by atoms with E-state index >= 15 is 0 Å². The molecule has 1 aliphatic carbocycles. The predicted octanol–water partition coefficient (Wildman–Crippen LogP) is 3.50. The SMILES string of the molecule is CCCCC(CC)CNC(=O)C1CC(=O)N(C2CCCCC2)C1. The Kier molecular flexibility index (Phi) is 7.38. The number of nitrogens with one attached hydrogen (secondary N) is 1. The van der Waals surface area contributed by atoms with Gasteiger partial charge < -0.3 is 10.2 Å². The van der Waals surface area contributed by atoms with Crippen molar-refractivity contribution in [2.75, 3.05) is 13.1 Å². The Labute approximate surface area is 141 Å². The van der Waals surface area contributed by atoms with Crippen LogP contribution in [0.25, 0.3) is 0 Å². The molecule has 1 heterocycles. The number of amides is 2. The van der Waals surface area contributed by atoms with Crippen molar-refractivity contribution < 1.29 is 9.59 Å². The molecule has 4 nitrogen and oxygen atoms in total. The molecular weight excluding hydrogens is 288 g/mol. The van der Waals surface area contributed by atoms with Gasteiger partial charge in [0.15, 0.2) is 0 Å². The normalized spacial score (nSPS) is 24.0. The molecule has 0 spiro atoms. The summed E-state index contributed by atoms with van der Waals surface area (Å²) < 4.78 is 0. The molecule has 1 saturated heterocycles. The van der Waals surface area contributed by atoms with Gasteiger partial charge in [0, 0.05) is 25.6 Å². The summed E-state index contributed by atoms with van der Waals surface area (Å²) in [6, 6.07) is 0.391. The van der Waals surface area contributed by atoms with Gasteiger partial charge in [0.1, 0.15) is 0 Å². The fourth-order valence-electron chi connectivity index (χ4n) is 3.99.